The summed E-state index contributed by atoms with van der Waals surface area (Å²) >= 11 is 0. The van der Waals surface area contributed by atoms with Crippen molar-refractivity contribution in [3.63, 3.8) is 0 Å². The third-order valence-electron chi connectivity index (χ3n) is 4.25. The highest BCUT2D eigenvalue weighted by atomic mass is 127. The van der Waals surface area contributed by atoms with Crippen molar-refractivity contribution in [2.75, 3.05) is 57.8 Å². The molecule has 1 aliphatic heterocycles. The highest BCUT2D eigenvalue weighted by molar-refractivity contribution is 14.0. The number of nitrogens with zero attached hydrogens (tertiary/aromatic N) is 4. The molecule has 7 heteroatoms. The first kappa shape index (κ1) is 21.5. The Labute approximate surface area is 168 Å². The number of benzene rings is 1. The second-order valence-corrected chi connectivity index (χ2v) is 5.99. The molecule has 2 rings (SSSR count). The molecule has 1 N–H and O–H groups in total. The Bertz CT molecular complexity index is 544. The van der Waals surface area contributed by atoms with Crippen LogP contribution in [0.15, 0.2) is 35.3 Å². The largest absolute Gasteiger partial charge is 0.373 e. The molecular formula is C18H30IN5O. The number of para-hydroxylation sites is 1. The van der Waals surface area contributed by atoms with Gasteiger partial charge in [0.1, 0.15) is 0 Å². The number of anilines is 1. The summed E-state index contributed by atoms with van der Waals surface area (Å²) in [6, 6.07) is 10.3. The van der Waals surface area contributed by atoms with Crippen molar-refractivity contribution in [3.8, 4) is 0 Å². The van der Waals surface area contributed by atoms with Crippen LogP contribution in [0.25, 0.3) is 0 Å². The molecule has 0 aromatic heterocycles. The molecule has 0 aliphatic carbocycles. The number of halogens is 1. The summed E-state index contributed by atoms with van der Waals surface area (Å²) in [5, 5.41) is 3.36. The number of carbonyl (C=O) groups excluding carboxylic acids is 1. The average molecular weight is 459 g/mol. The van der Waals surface area contributed by atoms with Gasteiger partial charge in [0.25, 0.3) is 0 Å². The highest BCUT2D eigenvalue weighted by Gasteiger charge is 2.20. The standard InChI is InChI=1S/C18H29N5O.HI/c1-4-19-18(23-14-12-22(13-15-23)16(2)24)20-10-11-21(3)17-8-6-5-7-9-17;/h5-9H,4,10-15H2,1-3H3,(H,19,20);1H. The first-order valence-electron chi connectivity index (χ1n) is 8.66. The fourth-order valence-corrected chi connectivity index (χ4v) is 2.78. The van der Waals surface area contributed by atoms with Gasteiger partial charge in [-0.1, -0.05) is 18.2 Å². The van der Waals surface area contributed by atoms with Gasteiger partial charge in [0.15, 0.2) is 5.96 Å². The Morgan fingerprint density at radius 1 is 1.16 bits per heavy atom. The van der Waals surface area contributed by atoms with Gasteiger partial charge in [0, 0.05) is 58.9 Å². The minimum Gasteiger partial charge on any atom is -0.373 e. The van der Waals surface area contributed by atoms with E-state index in [9.17, 15) is 4.79 Å². The predicted molar refractivity (Wildman–Crippen MR) is 115 cm³/mol. The third-order valence-corrected chi connectivity index (χ3v) is 4.25. The number of guanidine groups is 1. The fraction of sp³-hybridized carbons (Fsp3) is 0.556. The molecule has 0 radical (unpaired) electrons. The molecule has 0 atom stereocenters. The number of aliphatic imine (C=N–C) groups is 1. The van der Waals surface area contributed by atoms with Crippen LogP contribution in [0.3, 0.4) is 0 Å². The summed E-state index contributed by atoms with van der Waals surface area (Å²) in [6.07, 6.45) is 0. The predicted octanol–water partition coefficient (Wildman–Crippen LogP) is 1.87. The van der Waals surface area contributed by atoms with Crippen LogP contribution in [-0.4, -0.2) is 74.5 Å². The van der Waals surface area contributed by atoms with Crippen molar-refractivity contribution in [2.24, 2.45) is 4.99 Å². The zero-order chi connectivity index (χ0) is 17.4. The summed E-state index contributed by atoms with van der Waals surface area (Å²) in [5.74, 6) is 1.10. The summed E-state index contributed by atoms with van der Waals surface area (Å²) in [7, 11) is 2.09. The van der Waals surface area contributed by atoms with E-state index in [2.05, 4.69) is 41.2 Å². The molecular weight excluding hydrogens is 429 g/mol. The Kier molecular flexibility index (Phi) is 9.62. The number of nitrogens with one attached hydrogen (secondary N) is 1. The molecule has 1 aliphatic rings. The lowest BCUT2D eigenvalue weighted by Crippen LogP contribution is -2.53. The van der Waals surface area contributed by atoms with Gasteiger partial charge in [0.05, 0.1) is 6.54 Å². The molecule has 0 saturated carbocycles. The van der Waals surface area contributed by atoms with Crippen LogP contribution in [0.5, 0.6) is 0 Å². The molecule has 1 amide bonds. The van der Waals surface area contributed by atoms with E-state index in [1.54, 1.807) is 6.92 Å². The van der Waals surface area contributed by atoms with Gasteiger partial charge in [-0.15, -0.1) is 24.0 Å². The maximum atomic E-state index is 11.4. The molecule has 0 bridgehead atoms. The van der Waals surface area contributed by atoms with Gasteiger partial charge in [-0.25, -0.2) is 0 Å². The second kappa shape index (κ2) is 11.2. The first-order valence-corrected chi connectivity index (χ1v) is 8.66. The van der Waals surface area contributed by atoms with Crippen LogP contribution in [0.1, 0.15) is 13.8 Å². The van der Waals surface area contributed by atoms with E-state index < -0.39 is 0 Å². The Balaban J connectivity index is 0.00000312. The summed E-state index contributed by atoms with van der Waals surface area (Å²) in [6.45, 7) is 9.37. The SMILES string of the molecule is CCNC(=NCCN(C)c1ccccc1)N1CCN(C(C)=O)CC1.I. The van der Waals surface area contributed by atoms with E-state index in [1.165, 1.54) is 5.69 Å². The minimum absolute atomic E-state index is 0. The topological polar surface area (TPSA) is 51.2 Å². The van der Waals surface area contributed by atoms with Gasteiger partial charge in [-0.2, -0.15) is 0 Å². The average Bonchev–Trinajstić information content (AvgIpc) is 2.61. The second-order valence-electron chi connectivity index (χ2n) is 5.99. The highest BCUT2D eigenvalue weighted by Crippen LogP contribution is 2.10. The lowest BCUT2D eigenvalue weighted by Gasteiger charge is -2.36. The van der Waals surface area contributed by atoms with Gasteiger partial charge < -0.3 is 20.0 Å². The summed E-state index contributed by atoms with van der Waals surface area (Å²) in [5.41, 5.74) is 1.20. The maximum absolute atomic E-state index is 11.4. The zero-order valence-electron chi connectivity index (χ0n) is 15.4. The molecule has 1 saturated heterocycles. The maximum Gasteiger partial charge on any atom is 0.219 e. The third kappa shape index (κ3) is 6.72. The number of hydrogen-bond acceptors (Lipinski definition) is 3. The van der Waals surface area contributed by atoms with Crippen LogP contribution in [0.2, 0.25) is 0 Å². The number of likely N-dealkylation sites (N-methyl/N-ethyl adjacent to an activating group) is 1. The van der Waals surface area contributed by atoms with E-state index >= 15 is 0 Å². The molecule has 0 unspecified atom stereocenters. The van der Waals surface area contributed by atoms with E-state index in [-0.39, 0.29) is 29.9 Å². The number of piperazine rings is 1. The quantitative estimate of drug-likeness (QED) is 0.415. The normalized spacial score (nSPS) is 14.8. The Morgan fingerprint density at radius 2 is 1.76 bits per heavy atom. The Morgan fingerprint density at radius 3 is 2.32 bits per heavy atom. The van der Waals surface area contributed by atoms with Gasteiger partial charge in [-0.3, -0.25) is 9.79 Å². The number of hydrogen-bond donors (Lipinski definition) is 1. The fourth-order valence-electron chi connectivity index (χ4n) is 2.78. The van der Waals surface area contributed by atoms with E-state index in [0.717, 1.165) is 51.8 Å². The van der Waals surface area contributed by atoms with Gasteiger partial charge in [0.2, 0.25) is 5.91 Å². The van der Waals surface area contributed by atoms with Crippen molar-refractivity contribution in [3.05, 3.63) is 30.3 Å². The zero-order valence-corrected chi connectivity index (χ0v) is 17.8. The molecule has 0 spiro atoms. The monoisotopic (exact) mass is 459 g/mol. The van der Waals surface area contributed by atoms with Gasteiger partial charge in [-0.05, 0) is 19.1 Å². The molecule has 6 nitrogen and oxygen atoms in total. The van der Waals surface area contributed by atoms with Crippen LogP contribution < -0.4 is 10.2 Å². The molecule has 1 fully saturated rings. The molecule has 140 valence electrons. The van der Waals surface area contributed by atoms with Crippen molar-refractivity contribution >= 4 is 41.5 Å². The number of rotatable bonds is 5. The van der Waals surface area contributed by atoms with Crippen LogP contribution in [-0.2, 0) is 4.79 Å². The number of carbonyl (C=O) groups is 1. The molecule has 1 heterocycles. The summed E-state index contributed by atoms with van der Waals surface area (Å²) < 4.78 is 0. The van der Waals surface area contributed by atoms with E-state index in [4.69, 9.17) is 4.99 Å². The van der Waals surface area contributed by atoms with E-state index in [0.29, 0.717) is 0 Å². The van der Waals surface area contributed by atoms with Crippen LogP contribution in [0.4, 0.5) is 5.69 Å². The smallest absolute Gasteiger partial charge is 0.219 e. The molecule has 25 heavy (non-hydrogen) atoms. The lowest BCUT2D eigenvalue weighted by atomic mass is 10.3. The van der Waals surface area contributed by atoms with Crippen molar-refractivity contribution in [1.82, 2.24) is 15.1 Å². The van der Waals surface area contributed by atoms with E-state index in [1.807, 2.05) is 23.1 Å². The Hall–Kier alpha value is -1.51. The summed E-state index contributed by atoms with van der Waals surface area (Å²) in [4.78, 5) is 22.5. The van der Waals surface area contributed by atoms with Crippen LogP contribution >= 0.6 is 24.0 Å². The van der Waals surface area contributed by atoms with Crippen LogP contribution in [0, 0.1) is 0 Å². The van der Waals surface area contributed by atoms with Gasteiger partial charge >= 0.3 is 0 Å². The molecule has 1 aromatic rings. The van der Waals surface area contributed by atoms with Crippen molar-refractivity contribution < 1.29 is 4.79 Å². The first-order chi connectivity index (χ1) is 11.6. The number of amides is 1. The lowest BCUT2D eigenvalue weighted by molar-refractivity contribution is -0.130. The van der Waals surface area contributed by atoms with Crippen molar-refractivity contribution in [2.45, 2.75) is 13.8 Å². The molecule has 1 aromatic carbocycles. The minimum atomic E-state index is 0. The van der Waals surface area contributed by atoms with Crippen molar-refractivity contribution in [1.29, 1.82) is 0 Å².